The van der Waals surface area contributed by atoms with E-state index in [0.29, 0.717) is 24.5 Å². The minimum atomic E-state index is -4.40. The highest BCUT2D eigenvalue weighted by atomic mass is 32.2. The van der Waals surface area contributed by atoms with E-state index in [1.165, 1.54) is 12.1 Å². The molecule has 2 aliphatic rings. The van der Waals surface area contributed by atoms with Crippen molar-refractivity contribution in [3.8, 4) is 5.75 Å². The number of alkyl halides is 3. The smallest absolute Gasteiger partial charge is 0.416 e. The summed E-state index contributed by atoms with van der Waals surface area (Å²) in [6.07, 6.45) is 4.10. The van der Waals surface area contributed by atoms with Gasteiger partial charge in [-0.2, -0.15) is 13.2 Å². The van der Waals surface area contributed by atoms with Crippen LogP contribution in [0.4, 0.5) is 13.2 Å². The predicted molar refractivity (Wildman–Crippen MR) is 154 cm³/mol. The molecule has 1 aliphatic carbocycles. The van der Waals surface area contributed by atoms with Crippen LogP contribution in [0.3, 0.4) is 0 Å². The average molecular weight is 602 g/mol. The van der Waals surface area contributed by atoms with Crippen LogP contribution in [-0.2, 0) is 16.2 Å². The number of pyridine rings is 1. The molecule has 1 aromatic carbocycles. The summed E-state index contributed by atoms with van der Waals surface area (Å²) in [5.74, 6) is 1.65. The molecule has 42 heavy (non-hydrogen) atoms. The van der Waals surface area contributed by atoms with E-state index in [4.69, 9.17) is 4.74 Å². The number of aryl methyl sites for hydroxylation is 1. The first-order valence-corrected chi connectivity index (χ1v) is 16.1. The van der Waals surface area contributed by atoms with Crippen molar-refractivity contribution >= 4 is 32.0 Å². The number of H-pyrrole nitrogens is 1. The van der Waals surface area contributed by atoms with Crippen molar-refractivity contribution in [2.45, 2.75) is 57.5 Å². The van der Waals surface area contributed by atoms with Gasteiger partial charge in [-0.05, 0) is 87.6 Å². The van der Waals surface area contributed by atoms with E-state index in [9.17, 15) is 21.6 Å². The third kappa shape index (κ3) is 6.10. The van der Waals surface area contributed by atoms with Crippen LogP contribution in [0.25, 0.3) is 21.9 Å². The van der Waals surface area contributed by atoms with Crippen LogP contribution in [0.2, 0.25) is 0 Å². The molecule has 1 saturated heterocycles. The molecular weight excluding hydrogens is 567 g/mol. The van der Waals surface area contributed by atoms with Crippen molar-refractivity contribution in [1.29, 1.82) is 0 Å². The fourth-order valence-corrected chi connectivity index (χ4v) is 8.47. The molecule has 0 radical (unpaired) electrons. The monoisotopic (exact) mass is 601 g/mol. The van der Waals surface area contributed by atoms with Gasteiger partial charge in [-0.25, -0.2) is 27.7 Å². The van der Waals surface area contributed by atoms with Gasteiger partial charge in [-0.1, -0.05) is 0 Å². The first-order valence-electron chi connectivity index (χ1n) is 14.4. The number of aromatic amines is 1. The van der Waals surface area contributed by atoms with Gasteiger partial charge in [0.25, 0.3) is 0 Å². The Bertz CT molecular complexity index is 1670. The summed E-state index contributed by atoms with van der Waals surface area (Å²) in [6, 6.07) is 6.57. The highest BCUT2D eigenvalue weighted by Crippen LogP contribution is 2.40. The van der Waals surface area contributed by atoms with Gasteiger partial charge in [-0.3, -0.25) is 0 Å². The molecule has 3 aromatic heterocycles. The second kappa shape index (κ2) is 11.4. The molecule has 1 aliphatic heterocycles. The molecule has 0 spiro atoms. The SMILES string of the molecule is Cc1nc2cnc3nccc3c2c(C2CCC(CS(=O)(=O)N3CCCC(COc4ccc(C(F)(F)F)cc4)C3)CC2)[nH]1. The lowest BCUT2D eigenvalue weighted by Gasteiger charge is -2.34. The fourth-order valence-electron chi connectivity index (χ4n) is 6.48. The van der Waals surface area contributed by atoms with Crippen molar-refractivity contribution < 1.29 is 26.3 Å². The number of halogens is 3. The molecule has 1 unspecified atom stereocenters. The number of piperidine rings is 1. The maximum atomic E-state index is 13.4. The normalized spacial score (nSPS) is 22.5. The molecule has 1 N–H and O–H groups in total. The molecule has 4 heterocycles. The molecule has 12 heteroatoms. The Morgan fingerprint density at radius 3 is 2.52 bits per heavy atom. The molecule has 224 valence electrons. The van der Waals surface area contributed by atoms with Gasteiger partial charge in [0.15, 0.2) is 5.65 Å². The molecule has 6 rings (SSSR count). The number of rotatable bonds is 7. The number of sulfonamides is 1. The molecule has 4 aromatic rings. The van der Waals surface area contributed by atoms with Crippen molar-refractivity contribution in [3.05, 3.63) is 59.8 Å². The lowest BCUT2D eigenvalue weighted by Crippen LogP contribution is -2.43. The van der Waals surface area contributed by atoms with Gasteiger partial charge in [-0.15, -0.1) is 0 Å². The molecule has 0 bridgehead atoms. The second-order valence-electron chi connectivity index (χ2n) is 11.6. The van der Waals surface area contributed by atoms with E-state index >= 15 is 0 Å². The minimum Gasteiger partial charge on any atom is -0.493 e. The topological polar surface area (TPSA) is 101 Å². The summed E-state index contributed by atoms with van der Waals surface area (Å²) in [7, 11) is -3.45. The predicted octanol–water partition coefficient (Wildman–Crippen LogP) is 6.23. The number of fused-ring (bicyclic) bond motifs is 3. The zero-order chi connectivity index (χ0) is 29.5. The van der Waals surface area contributed by atoms with Crippen molar-refractivity contribution in [2.24, 2.45) is 11.8 Å². The average Bonchev–Trinajstić information content (AvgIpc) is 3.45. The van der Waals surface area contributed by atoms with Gasteiger partial charge < -0.3 is 9.72 Å². The maximum Gasteiger partial charge on any atom is 0.416 e. The highest BCUT2D eigenvalue weighted by molar-refractivity contribution is 7.89. The van der Waals surface area contributed by atoms with Crippen LogP contribution in [0.1, 0.15) is 61.5 Å². The number of aromatic nitrogens is 4. The van der Waals surface area contributed by atoms with E-state index in [1.54, 1.807) is 16.7 Å². The number of nitrogens with one attached hydrogen (secondary N) is 1. The summed E-state index contributed by atoms with van der Waals surface area (Å²) < 4.78 is 72.7. The summed E-state index contributed by atoms with van der Waals surface area (Å²) in [4.78, 5) is 16.9. The van der Waals surface area contributed by atoms with Gasteiger partial charge in [0, 0.05) is 41.7 Å². The van der Waals surface area contributed by atoms with Gasteiger partial charge in [0.05, 0.1) is 29.6 Å². The number of ether oxygens (including phenoxy) is 1. The Hall–Kier alpha value is -3.25. The molecular formula is C30H34F3N5O3S. The van der Waals surface area contributed by atoms with E-state index in [2.05, 4.69) is 19.9 Å². The maximum absolute atomic E-state index is 13.4. The minimum absolute atomic E-state index is 0.0118. The summed E-state index contributed by atoms with van der Waals surface area (Å²) in [5.41, 5.74) is 1.95. The van der Waals surface area contributed by atoms with E-state index < -0.39 is 21.8 Å². The van der Waals surface area contributed by atoms with Crippen LogP contribution in [0.5, 0.6) is 5.75 Å². The summed E-state index contributed by atoms with van der Waals surface area (Å²) in [5, 5.41) is 2.04. The van der Waals surface area contributed by atoms with Crippen LogP contribution in [0.15, 0.2) is 42.7 Å². The Morgan fingerprint density at radius 1 is 1.02 bits per heavy atom. The number of hydrogen-bond donors (Lipinski definition) is 1. The lowest BCUT2D eigenvalue weighted by atomic mass is 9.80. The Morgan fingerprint density at radius 2 is 1.79 bits per heavy atom. The summed E-state index contributed by atoms with van der Waals surface area (Å²) in [6.45, 7) is 3.06. The first-order chi connectivity index (χ1) is 20.1. The van der Waals surface area contributed by atoms with Crippen molar-refractivity contribution in [1.82, 2.24) is 24.2 Å². The Kier molecular flexibility index (Phi) is 7.86. The third-order valence-electron chi connectivity index (χ3n) is 8.63. The summed E-state index contributed by atoms with van der Waals surface area (Å²) >= 11 is 0. The number of nitrogens with zero attached hydrogens (tertiary/aromatic N) is 4. The van der Waals surface area contributed by atoms with Gasteiger partial charge in [0.2, 0.25) is 10.0 Å². The van der Waals surface area contributed by atoms with Gasteiger partial charge in [0.1, 0.15) is 11.6 Å². The van der Waals surface area contributed by atoms with Crippen LogP contribution >= 0.6 is 0 Å². The highest BCUT2D eigenvalue weighted by Gasteiger charge is 2.34. The lowest BCUT2D eigenvalue weighted by molar-refractivity contribution is -0.137. The third-order valence-corrected chi connectivity index (χ3v) is 10.6. The van der Waals surface area contributed by atoms with Crippen LogP contribution in [0, 0.1) is 18.8 Å². The number of hydrogen-bond acceptors (Lipinski definition) is 6. The molecule has 8 nitrogen and oxygen atoms in total. The zero-order valence-corrected chi connectivity index (χ0v) is 24.2. The Labute approximate surface area is 242 Å². The van der Waals surface area contributed by atoms with Crippen molar-refractivity contribution in [3.63, 3.8) is 0 Å². The van der Waals surface area contributed by atoms with Crippen LogP contribution in [-0.4, -0.2) is 58.1 Å². The number of benzene rings is 1. The second-order valence-corrected chi connectivity index (χ2v) is 13.6. The van der Waals surface area contributed by atoms with Crippen LogP contribution < -0.4 is 4.74 Å². The fraction of sp³-hybridized carbons (Fsp3) is 0.500. The van der Waals surface area contributed by atoms with Gasteiger partial charge >= 0.3 is 6.18 Å². The standard InChI is InChI=1S/C30H34F3N5O3S/c1-19-36-26-15-35-29-25(12-13-34-29)27(26)28(37-19)22-6-4-20(5-7-22)18-42(39,40)38-14-2-3-21(16-38)17-41-24-10-8-23(9-11-24)30(31,32)33/h8-13,15,20-22H,2-7,14,16-18H2,1H3,(H,36,37). The van der Waals surface area contributed by atoms with Crippen molar-refractivity contribution in [2.75, 3.05) is 25.4 Å². The van der Waals surface area contributed by atoms with E-state index in [1.807, 2.05) is 13.0 Å². The molecule has 1 saturated carbocycles. The quantitative estimate of drug-likeness (QED) is 0.270. The van der Waals surface area contributed by atoms with E-state index in [-0.39, 0.29) is 30.1 Å². The van der Waals surface area contributed by atoms with E-state index in [0.717, 1.165) is 78.5 Å². The zero-order valence-electron chi connectivity index (χ0n) is 23.4. The molecule has 1 atom stereocenters. The first kappa shape index (κ1) is 28.9. The molecule has 0 amide bonds. The largest absolute Gasteiger partial charge is 0.493 e. The Balaban J connectivity index is 1.06. The molecule has 2 fully saturated rings.